The summed E-state index contributed by atoms with van der Waals surface area (Å²) in [6.45, 7) is 0. The van der Waals surface area contributed by atoms with Crippen molar-refractivity contribution in [2.75, 3.05) is 0 Å². The minimum absolute atomic E-state index is 0.0459. The van der Waals surface area contributed by atoms with Gasteiger partial charge < -0.3 is 4.98 Å². The summed E-state index contributed by atoms with van der Waals surface area (Å²) in [5, 5.41) is 10.1. The zero-order chi connectivity index (χ0) is 17.3. The fourth-order valence-corrected chi connectivity index (χ4v) is 2.89. The Balaban J connectivity index is 2.26. The Bertz CT molecular complexity index is 1020. The first-order valence-corrected chi connectivity index (χ1v) is 7.64. The van der Waals surface area contributed by atoms with Crippen LogP contribution >= 0.6 is 23.2 Å². The van der Waals surface area contributed by atoms with Crippen molar-refractivity contribution in [2.24, 2.45) is 0 Å². The van der Waals surface area contributed by atoms with Crippen molar-refractivity contribution in [3.8, 4) is 28.5 Å². The Morgan fingerprint density at radius 3 is 2.33 bits per heavy atom. The lowest BCUT2D eigenvalue weighted by Gasteiger charge is -2.09. The second-order valence-electron chi connectivity index (χ2n) is 5.04. The summed E-state index contributed by atoms with van der Waals surface area (Å²) in [6.07, 6.45) is 0. The van der Waals surface area contributed by atoms with Crippen molar-refractivity contribution in [3.05, 3.63) is 80.3 Å². The number of H-pyrrole nitrogens is 1. The molecule has 0 aliphatic carbocycles. The monoisotopic (exact) mass is 358 g/mol. The predicted molar refractivity (Wildman–Crippen MR) is 92.6 cm³/mol. The van der Waals surface area contributed by atoms with E-state index in [1.54, 1.807) is 24.3 Å². The van der Waals surface area contributed by atoms with Crippen LogP contribution in [-0.4, -0.2) is 4.98 Å². The van der Waals surface area contributed by atoms with Gasteiger partial charge >= 0.3 is 0 Å². The Hall–Kier alpha value is -2.61. The van der Waals surface area contributed by atoms with Crippen LogP contribution in [0.1, 0.15) is 5.56 Å². The molecule has 0 atom stereocenters. The molecule has 1 aromatic heterocycles. The third kappa shape index (κ3) is 3.05. The number of nitriles is 1. The number of hydrogen-bond donors (Lipinski definition) is 1. The molecule has 24 heavy (non-hydrogen) atoms. The average Bonchev–Trinajstić information content (AvgIpc) is 2.55. The smallest absolute Gasteiger partial charge is 0.266 e. The second-order valence-corrected chi connectivity index (χ2v) is 5.89. The zero-order valence-electron chi connectivity index (χ0n) is 12.1. The number of aromatic nitrogens is 1. The van der Waals surface area contributed by atoms with E-state index in [4.69, 9.17) is 23.2 Å². The quantitative estimate of drug-likeness (QED) is 0.698. The van der Waals surface area contributed by atoms with Gasteiger partial charge in [-0.15, -0.1) is 0 Å². The molecule has 1 heterocycles. The van der Waals surface area contributed by atoms with E-state index in [1.165, 1.54) is 24.3 Å². The van der Waals surface area contributed by atoms with Crippen LogP contribution in [0.25, 0.3) is 22.4 Å². The van der Waals surface area contributed by atoms with E-state index in [1.807, 2.05) is 6.07 Å². The van der Waals surface area contributed by atoms with Crippen LogP contribution < -0.4 is 5.56 Å². The number of aromatic amines is 1. The summed E-state index contributed by atoms with van der Waals surface area (Å²) < 4.78 is 13.1. The highest BCUT2D eigenvalue weighted by Gasteiger charge is 2.14. The van der Waals surface area contributed by atoms with Gasteiger partial charge in [-0.1, -0.05) is 35.3 Å². The van der Waals surface area contributed by atoms with Crippen molar-refractivity contribution in [2.45, 2.75) is 0 Å². The highest BCUT2D eigenvalue weighted by Crippen LogP contribution is 2.31. The zero-order valence-corrected chi connectivity index (χ0v) is 13.6. The molecule has 3 aromatic rings. The molecule has 0 saturated heterocycles. The van der Waals surface area contributed by atoms with E-state index < -0.39 is 11.4 Å². The third-order valence-corrected chi connectivity index (χ3v) is 4.07. The Morgan fingerprint density at radius 1 is 1.00 bits per heavy atom. The first-order valence-electron chi connectivity index (χ1n) is 6.88. The number of halogens is 3. The normalized spacial score (nSPS) is 10.4. The molecule has 0 radical (unpaired) electrons. The number of pyridine rings is 1. The van der Waals surface area contributed by atoms with E-state index in [-0.39, 0.29) is 5.56 Å². The molecule has 6 heteroatoms. The summed E-state index contributed by atoms with van der Waals surface area (Å²) in [5.74, 6) is -0.400. The SMILES string of the molecule is N#Cc1c(-c2ccc(F)cc2)cc(-c2ccc(Cl)cc2Cl)[nH]c1=O. The van der Waals surface area contributed by atoms with Crippen LogP contribution in [0, 0.1) is 17.1 Å². The van der Waals surface area contributed by atoms with Crippen LogP contribution in [0.3, 0.4) is 0 Å². The summed E-state index contributed by atoms with van der Waals surface area (Å²) >= 11 is 12.1. The Morgan fingerprint density at radius 2 is 1.71 bits per heavy atom. The molecule has 0 aliphatic heterocycles. The van der Waals surface area contributed by atoms with Gasteiger partial charge in [-0.3, -0.25) is 4.79 Å². The van der Waals surface area contributed by atoms with E-state index in [0.717, 1.165) is 0 Å². The lowest BCUT2D eigenvalue weighted by atomic mass is 9.99. The lowest BCUT2D eigenvalue weighted by Crippen LogP contribution is -2.12. The van der Waals surface area contributed by atoms with Crippen molar-refractivity contribution >= 4 is 23.2 Å². The minimum atomic E-state index is -0.541. The van der Waals surface area contributed by atoms with Gasteiger partial charge in [-0.25, -0.2) is 4.39 Å². The van der Waals surface area contributed by atoms with Crippen LogP contribution in [0.5, 0.6) is 0 Å². The maximum atomic E-state index is 13.1. The Labute approximate surface area is 146 Å². The molecule has 3 nitrogen and oxygen atoms in total. The van der Waals surface area contributed by atoms with Gasteiger partial charge in [-0.2, -0.15) is 5.26 Å². The summed E-state index contributed by atoms with van der Waals surface area (Å²) in [5.41, 5.74) is 1.40. The van der Waals surface area contributed by atoms with Crippen molar-refractivity contribution in [1.29, 1.82) is 5.26 Å². The molecule has 0 saturated carbocycles. The predicted octanol–water partition coefficient (Wildman–Crippen LogP) is 5.03. The molecule has 0 amide bonds. The molecule has 3 rings (SSSR count). The van der Waals surface area contributed by atoms with Crippen LogP contribution in [0.4, 0.5) is 4.39 Å². The molecule has 1 N–H and O–H groups in total. The topological polar surface area (TPSA) is 56.6 Å². The van der Waals surface area contributed by atoms with Crippen molar-refractivity contribution in [3.63, 3.8) is 0 Å². The first kappa shape index (κ1) is 16.3. The lowest BCUT2D eigenvalue weighted by molar-refractivity contribution is 0.628. The number of nitrogens with one attached hydrogen (secondary N) is 1. The molecule has 0 spiro atoms. The van der Waals surface area contributed by atoms with Crippen LogP contribution in [0.2, 0.25) is 10.0 Å². The largest absolute Gasteiger partial charge is 0.321 e. The fraction of sp³-hybridized carbons (Fsp3) is 0. The second kappa shape index (κ2) is 6.48. The van der Waals surface area contributed by atoms with Crippen LogP contribution in [0.15, 0.2) is 53.3 Å². The minimum Gasteiger partial charge on any atom is -0.321 e. The van der Waals surface area contributed by atoms with Gasteiger partial charge in [0.1, 0.15) is 17.4 Å². The molecular weight excluding hydrogens is 350 g/mol. The van der Waals surface area contributed by atoms with Crippen molar-refractivity contribution in [1.82, 2.24) is 4.98 Å². The van der Waals surface area contributed by atoms with Gasteiger partial charge in [0.05, 0.1) is 10.7 Å². The van der Waals surface area contributed by atoms with E-state index in [0.29, 0.717) is 32.4 Å². The summed E-state index contributed by atoms with van der Waals surface area (Å²) in [4.78, 5) is 14.9. The van der Waals surface area contributed by atoms with Gasteiger partial charge in [0.25, 0.3) is 5.56 Å². The highest BCUT2D eigenvalue weighted by atomic mass is 35.5. The van der Waals surface area contributed by atoms with E-state index >= 15 is 0 Å². The molecule has 0 fully saturated rings. The maximum absolute atomic E-state index is 13.1. The number of rotatable bonds is 2. The molecule has 0 aliphatic rings. The molecular formula is C18H9Cl2FN2O. The first-order chi connectivity index (χ1) is 11.5. The van der Waals surface area contributed by atoms with Gasteiger partial charge in [-0.05, 0) is 42.0 Å². The Kier molecular flexibility index (Phi) is 4.39. The average molecular weight is 359 g/mol. The molecule has 0 bridgehead atoms. The van der Waals surface area contributed by atoms with Crippen molar-refractivity contribution < 1.29 is 4.39 Å². The third-order valence-electron chi connectivity index (χ3n) is 3.52. The number of nitrogens with zero attached hydrogens (tertiary/aromatic N) is 1. The highest BCUT2D eigenvalue weighted by molar-refractivity contribution is 6.36. The van der Waals surface area contributed by atoms with Gasteiger partial charge in [0.15, 0.2) is 0 Å². The summed E-state index contributed by atoms with van der Waals surface area (Å²) in [6, 6.07) is 14.0. The number of benzene rings is 2. The fourth-order valence-electron chi connectivity index (χ4n) is 2.38. The molecule has 2 aromatic carbocycles. The van der Waals surface area contributed by atoms with E-state index in [9.17, 15) is 14.4 Å². The van der Waals surface area contributed by atoms with Gasteiger partial charge in [0.2, 0.25) is 0 Å². The molecule has 118 valence electrons. The molecule has 0 unspecified atom stereocenters. The van der Waals surface area contributed by atoms with Crippen LogP contribution in [-0.2, 0) is 0 Å². The van der Waals surface area contributed by atoms with E-state index in [2.05, 4.69) is 4.98 Å². The maximum Gasteiger partial charge on any atom is 0.266 e. The van der Waals surface area contributed by atoms with Gasteiger partial charge in [0, 0.05) is 16.1 Å². The summed E-state index contributed by atoms with van der Waals surface area (Å²) in [7, 11) is 0. The standard InChI is InChI=1S/C18H9Cl2FN2O/c19-11-3-6-13(16(20)7-11)17-8-14(15(9-22)18(24)23-17)10-1-4-12(21)5-2-10/h1-8H,(H,23,24). The number of hydrogen-bond acceptors (Lipinski definition) is 2.